The van der Waals surface area contributed by atoms with Gasteiger partial charge >= 0.3 is 0 Å². The van der Waals surface area contributed by atoms with E-state index in [0.29, 0.717) is 5.75 Å². The largest absolute Gasteiger partial charge is 0.504 e. The standard InChI is InChI=1S/C15H24N2O3/c1-5-7-9-16(4)14(19)11-20-15-12(3)17(6-2)10-8-13(15)18/h8,10H,5-7,9,11H2,1-4H3/p+1. The Morgan fingerprint density at radius 2 is 2.15 bits per heavy atom. The molecule has 0 saturated carbocycles. The number of aryl methyl sites for hydroxylation is 1. The summed E-state index contributed by atoms with van der Waals surface area (Å²) in [6.45, 7) is 7.42. The molecule has 1 rings (SSSR count). The lowest BCUT2D eigenvalue weighted by molar-refractivity contribution is -0.699. The van der Waals surface area contributed by atoms with Crippen molar-refractivity contribution >= 4 is 5.91 Å². The molecule has 0 unspecified atom stereocenters. The van der Waals surface area contributed by atoms with Gasteiger partial charge in [-0.05, 0) is 13.3 Å². The van der Waals surface area contributed by atoms with E-state index in [2.05, 4.69) is 6.92 Å². The maximum absolute atomic E-state index is 11.9. The molecule has 112 valence electrons. The Balaban J connectivity index is 2.68. The second-order valence-electron chi connectivity index (χ2n) is 4.86. The van der Waals surface area contributed by atoms with Gasteiger partial charge in [0, 0.05) is 26.6 Å². The summed E-state index contributed by atoms with van der Waals surface area (Å²) in [5, 5.41) is 9.84. The number of pyridine rings is 1. The smallest absolute Gasteiger partial charge is 0.260 e. The average molecular weight is 281 g/mol. The third kappa shape index (κ3) is 4.11. The highest BCUT2D eigenvalue weighted by Crippen LogP contribution is 2.26. The predicted molar refractivity (Wildman–Crippen MR) is 76.8 cm³/mol. The quantitative estimate of drug-likeness (QED) is 0.773. The molecule has 0 aliphatic rings. The Bertz CT molecular complexity index is 461. The molecule has 1 amide bonds. The molecular formula is C15H25N2O3+. The number of hydrogen-bond acceptors (Lipinski definition) is 3. The first kappa shape index (κ1) is 16.3. The van der Waals surface area contributed by atoms with E-state index in [1.54, 1.807) is 24.2 Å². The van der Waals surface area contributed by atoms with E-state index in [9.17, 15) is 9.90 Å². The van der Waals surface area contributed by atoms with E-state index < -0.39 is 0 Å². The molecule has 0 bridgehead atoms. The molecule has 0 aliphatic carbocycles. The van der Waals surface area contributed by atoms with Crippen LogP contribution in [0.4, 0.5) is 0 Å². The fourth-order valence-electron chi connectivity index (χ4n) is 1.95. The van der Waals surface area contributed by atoms with Crippen molar-refractivity contribution in [3.63, 3.8) is 0 Å². The van der Waals surface area contributed by atoms with Crippen LogP contribution in [0.15, 0.2) is 12.3 Å². The molecule has 0 saturated heterocycles. The maximum atomic E-state index is 11.9. The molecule has 0 atom stereocenters. The lowest BCUT2D eigenvalue weighted by atomic mass is 10.3. The van der Waals surface area contributed by atoms with E-state index >= 15 is 0 Å². The summed E-state index contributed by atoms with van der Waals surface area (Å²) in [6, 6.07) is 1.58. The minimum atomic E-state index is -0.0795. The number of likely N-dealkylation sites (N-methyl/N-ethyl adjacent to an activating group) is 1. The summed E-state index contributed by atoms with van der Waals surface area (Å²) in [7, 11) is 1.77. The first-order chi connectivity index (χ1) is 9.51. The Morgan fingerprint density at radius 1 is 1.45 bits per heavy atom. The summed E-state index contributed by atoms with van der Waals surface area (Å²) in [5.41, 5.74) is 0.816. The van der Waals surface area contributed by atoms with Crippen LogP contribution in [0.3, 0.4) is 0 Å². The van der Waals surface area contributed by atoms with Gasteiger partial charge in [0.1, 0.15) is 6.54 Å². The van der Waals surface area contributed by atoms with Gasteiger partial charge in [-0.1, -0.05) is 13.3 Å². The maximum Gasteiger partial charge on any atom is 0.260 e. The molecule has 0 aliphatic heterocycles. The Kier molecular flexibility index (Phi) is 6.28. The SMILES string of the molecule is CCCCN(C)C(=O)COc1c(O)cc[n+](CC)c1C. The zero-order valence-electron chi connectivity index (χ0n) is 12.8. The van der Waals surface area contributed by atoms with Gasteiger partial charge < -0.3 is 14.7 Å². The zero-order valence-corrected chi connectivity index (χ0v) is 12.8. The summed E-state index contributed by atoms with van der Waals surface area (Å²) in [6.07, 6.45) is 3.83. The van der Waals surface area contributed by atoms with Crippen LogP contribution in [-0.2, 0) is 11.3 Å². The van der Waals surface area contributed by atoms with Gasteiger partial charge in [-0.25, -0.2) is 0 Å². The van der Waals surface area contributed by atoms with Gasteiger partial charge in [0.2, 0.25) is 11.4 Å². The van der Waals surface area contributed by atoms with E-state index in [-0.39, 0.29) is 18.3 Å². The number of carbonyl (C=O) groups excluding carboxylic acids is 1. The molecule has 1 aromatic rings. The fourth-order valence-corrected chi connectivity index (χ4v) is 1.95. The summed E-state index contributed by atoms with van der Waals surface area (Å²) >= 11 is 0. The van der Waals surface area contributed by atoms with Crippen molar-refractivity contribution < 1.29 is 19.2 Å². The number of unbranched alkanes of at least 4 members (excludes halogenated alkanes) is 1. The van der Waals surface area contributed by atoms with E-state index in [1.807, 2.05) is 18.4 Å². The number of carbonyl (C=O) groups is 1. The Hall–Kier alpha value is -1.78. The molecule has 0 radical (unpaired) electrons. The molecule has 1 aromatic heterocycles. The molecule has 5 heteroatoms. The second-order valence-corrected chi connectivity index (χ2v) is 4.86. The van der Waals surface area contributed by atoms with Gasteiger partial charge in [0.05, 0.1) is 0 Å². The van der Waals surface area contributed by atoms with Crippen LogP contribution in [-0.4, -0.2) is 36.1 Å². The number of amides is 1. The Morgan fingerprint density at radius 3 is 2.75 bits per heavy atom. The van der Waals surface area contributed by atoms with Crippen LogP contribution < -0.4 is 9.30 Å². The molecule has 1 N–H and O–H groups in total. The van der Waals surface area contributed by atoms with E-state index in [0.717, 1.165) is 31.6 Å². The van der Waals surface area contributed by atoms with Gasteiger partial charge in [-0.15, -0.1) is 0 Å². The summed E-state index contributed by atoms with van der Waals surface area (Å²) in [4.78, 5) is 13.6. The molecule has 1 heterocycles. The molecule has 0 spiro atoms. The normalized spacial score (nSPS) is 10.4. The molecule has 5 nitrogen and oxygen atoms in total. The minimum absolute atomic E-state index is 0.0532. The van der Waals surface area contributed by atoms with E-state index in [1.165, 1.54) is 0 Å². The first-order valence-corrected chi connectivity index (χ1v) is 7.10. The molecule has 20 heavy (non-hydrogen) atoms. The molecule has 0 fully saturated rings. The van der Waals surface area contributed by atoms with Crippen molar-refractivity contribution in [1.29, 1.82) is 0 Å². The van der Waals surface area contributed by atoms with Crippen molar-refractivity contribution in [2.45, 2.75) is 40.2 Å². The predicted octanol–water partition coefficient (Wildman–Crippen LogP) is 1.65. The van der Waals surface area contributed by atoms with Crippen molar-refractivity contribution in [3.8, 4) is 11.5 Å². The van der Waals surface area contributed by atoms with Crippen molar-refractivity contribution in [2.24, 2.45) is 0 Å². The van der Waals surface area contributed by atoms with Crippen molar-refractivity contribution in [3.05, 3.63) is 18.0 Å². The summed E-state index contributed by atoms with van der Waals surface area (Å²) < 4.78 is 7.47. The van der Waals surface area contributed by atoms with Crippen molar-refractivity contribution in [1.82, 2.24) is 4.90 Å². The van der Waals surface area contributed by atoms with Gasteiger partial charge in [0.25, 0.3) is 5.91 Å². The number of aromatic nitrogens is 1. The second kappa shape index (κ2) is 7.72. The highest BCUT2D eigenvalue weighted by Gasteiger charge is 2.18. The van der Waals surface area contributed by atoms with Gasteiger partial charge in [0.15, 0.2) is 18.6 Å². The zero-order chi connectivity index (χ0) is 15.1. The highest BCUT2D eigenvalue weighted by atomic mass is 16.5. The summed E-state index contributed by atoms with van der Waals surface area (Å²) in [5.74, 6) is 0.368. The number of nitrogens with zero attached hydrogens (tertiary/aromatic N) is 2. The van der Waals surface area contributed by atoms with Crippen molar-refractivity contribution in [2.75, 3.05) is 20.2 Å². The minimum Gasteiger partial charge on any atom is -0.504 e. The number of rotatable bonds is 7. The van der Waals surface area contributed by atoms with E-state index in [4.69, 9.17) is 4.74 Å². The lowest BCUT2D eigenvalue weighted by Crippen LogP contribution is -2.36. The van der Waals surface area contributed by atoms with Gasteiger partial charge in [-0.2, -0.15) is 4.57 Å². The van der Waals surface area contributed by atoms with Crippen LogP contribution in [0.1, 0.15) is 32.4 Å². The van der Waals surface area contributed by atoms with Crippen LogP contribution in [0.25, 0.3) is 0 Å². The van der Waals surface area contributed by atoms with Crippen LogP contribution in [0, 0.1) is 6.92 Å². The van der Waals surface area contributed by atoms with Crippen LogP contribution in [0.2, 0.25) is 0 Å². The third-order valence-corrected chi connectivity index (χ3v) is 3.36. The Labute approximate surface area is 120 Å². The fraction of sp³-hybridized carbons (Fsp3) is 0.600. The van der Waals surface area contributed by atoms with Gasteiger partial charge in [-0.3, -0.25) is 4.79 Å². The van der Waals surface area contributed by atoms with Crippen LogP contribution >= 0.6 is 0 Å². The number of hydrogen-bond donors (Lipinski definition) is 1. The highest BCUT2D eigenvalue weighted by molar-refractivity contribution is 5.77. The number of ether oxygens (including phenoxy) is 1. The average Bonchev–Trinajstić information content (AvgIpc) is 2.44. The van der Waals surface area contributed by atoms with Crippen LogP contribution in [0.5, 0.6) is 11.5 Å². The first-order valence-electron chi connectivity index (χ1n) is 7.10. The molecule has 0 aromatic carbocycles. The third-order valence-electron chi connectivity index (χ3n) is 3.36. The lowest BCUT2D eigenvalue weighted by Gasteiger charge is -2.17. The molecular weight excluding hydrogens is 256 g/mol. The topological polar surface area (TPSA) is 53.7 Å². The monoisotopic (exact) mass is 281 g/mol. The number of aromatic hydroxyl groups is 1.